The molecule has 0 aliphatic rings. The van der Waals surface area contributed by atoms with Gasteiger partial charge in [0, 0.05) is 22.7 Å². The van der Waals surface area contributed by atoms with Crippen LogP contribution < -0.4 is 0 Å². The van der Waals surface area contributed by atoms with E-state index in [4.69, 9.17) is 0 Å². The third kappa shape index (κ3) is 4.66. The Morgan fingerprint density at radius 3 is 2.41 bits per heavy atom. The molecule has 1 aromatic carbocycles. The number of hydrogen-bond donors (Lipinski definition) is 1. The third-order valence-electron chi connectivity index (χ3n) is 2.93. The Morgan fingerprint density at radius 1 is 1.29 bits per heavy atom. The summed E-state index contributed by atoms with van der Waals surface area (Å²) in [6.07, 6.45) is 0. The molecule has 0 aliphatic heterocycles. The molecule has 17 heavy (non-hydrogen) atoms. The highest BCUT2D eigenvalue weighted by Crippen LogP contribution is 2.19. The molecule has 96 valence electrons. The van der Waals surface area contributed by atoms with Gasteiger partial charge in [0.05, 0.1) is 6.61 Å². The van der Waals surface area contributed by atoms with Gasteiger partial charge in [-0.25, -0.2) is 4.39 Å². The molecule has 0 bridgehead atoms. The maximum Gasteiger partial charge on any atom is 0.123 e. The quantitative estimate of drug-likeness (QED) is 0.793. The summed E-state index contributed by atoms with van der Waals surface area (Å²) in [7, 11) is 2.00. The smallest absolute Gasteiger partial charge is 0.123 e. The van der Waals surface area contributed by atoms with Gasteiger partial charge in [0.1, 0.15) is 5.82 Å². The van der Waals surface area contributed by atoms with E-state index in [0.29, 0.717) is 0 Å². The van der Waals surface area contributed by atoms with Crippen LogP contribution in [0.15, 0.2) is 29.2 Å². The molecule has 0 radical (unpaired) electrons. The Balaban J connectivity index is 2.35. The molecular weight excluding hydrogens is 237 g/mol. The van der Waals surface area contributed by atoms with Gasteiger partial charge in [-0.05, 0) is 45.2 Å². The maximum absolute atomic E-state index is 12.7. The molecule has 0 heterocycles. The standard InChI is InChI=1S/C13H20FNOS/c1-13(2,10-16)15(3)8-9-17-12-6-4-11(14)5-7-12/h4-7,16H,8-10H2,1-3H3. The number of likely N-dealkylation sites (N-methyl/N-ethyl adjacent to an activating group) is 1. The molecule has 2 nitrogen and oxygen atoms in total. The SMILES string of the molecule is CN(CCSc1ccc(F)cc1)C(C)(C)CO. The second-order valence-corrected chi connectivity index (χ2v) is 5.86. The van der Waals surface area contributed by atoms with Gasteiger partial charge < -0.3 is 5.11 Å². The average molecular weight is 257 g/mol. The van der Waals surface area contributed by atoms with Crippen LogP contribution in [0, 0.1) is 5.82 Å². The predicted octanol–water partition coefficient (Wildman–Crippen LogP) is 2.62. The third-order valence-corrected chi connectivity index (χ3v) is 3.92. The van der Waals surface area contributed by atoms with Crippen molar-refractivity contribution in [3.05, 3.63) is 30.1 Å². The summed E-state index contributed by atoms with van der Waals surface area (Å²) in [5.74, 6) is 0.721. The number of nitrogens with zero attached hydrogens (tertiary/aromatic N) is 1. The van der Waals surface area contributed by atoms with Crippen LogP contribution in [0.3, 0.4) is 0 Å². The van der Waals surface area contributed by atoms with Crippen LogP contribution >= 0.6 is 11.8 Å². The zero-order chi connectivity index (χ0) is 12.9. The van der Waals surface area contributed by atoms with E-state index in [1.807, 2.05) is 20.9 Å². The lowest BCUT2D eigenvalue weighted by molar-refractivity contribution is 0.0845. The average Bonchev–Trinajstić information content (AvgIpc) is 2.31. The fraction of sp³-hybridized carbons (Fsp3) is 0.538. The fourth-order valence-corrected chi connectivity index (χ4v) is 2.18. The highest BCUT2D eigenvalue weighted by molar-refractivity contribution is 7.99. The minimum absolute atomic E-state index is 0.144. The van der Waals surface area contributed by atoms with E-state index in [0.717, 1.165) is 17.2 Å². The number of hydrogen-bond acceptors (Lipinski definition) is 3. The van der Waals surface area contributed by atoms with Crippen molar-refractivity contribution in [1.82, 2.24) is 4.90 Å². The van der Waals surface area contributed by atoms with Crippen LogP contribution in [-0.2, 0) is 0 Å². The number of thioether (sulfide) groups is 1. The van der Waals surface area contributed by atoms with E-state index < -0.39 is 0 Å². The molecule has 0 spiro atoms. The highest BCUT2D eigenvalue weighted by atomic mass is 32.2. The fourth-order valence-electron chi connectivity index (χ4n) is 1.25. The van der Waals surface area contributed by atoms with Crippen LogP contribution in [0.2, 0.25) is 0 Å². The Labute approximate surface area is 107 Å². The molecule has 0 unspecified atom stereocenters. The number of aliphatic hydroxyl groups is 1. The van der Waals surface area contributed by atoms with Crippen molar-refractivity contribution >= 4 is 11.8 Å². The molecule has 0 saturated carbocycles. The van der Waals surface area contributed by atoms with Crippen molar-refractivity contribution in [2.75, 3.05) is 26.0 Å². The molecule has 0 aromatic heterocycles. The van der Waals surface area contributed by atoms with Crippen molar-refractivity contribution in [2.24, 2.45) is 0 Å². The van der Waals surface area contributed by atoms with Gasteiger partial charge in [-0.2, -0.15) is 0 Å². The Hall–Kier alpha value is -0.580. The normalized spacial score (nSPS) is 12.1. The lowest BCUT2D eigenvalue weighted by Crippen LogP contribution is -2.45. The summed E-state index contributed by atoms with van der Waals surface area (Å²) in [6, 6.07) is 6.53. The van der Waals surface area contributed by atoms with Crippen LogP contribution in [0.5, 0.6) is 0 Å². The van der Waals surface area contributed by atoms with Crippen molar-refractivity contribution in [3.63, 3.8) is 0 Å². The zero-order valence-electron chi connectivity index (χ0n) is 10.6. The van der Waals surface area contributed by atoms with Gasteiger partial charge in [-0.1, -0.05) is 0 Å². The van der Waals surface area contributed by atoms with Crippen molar-refractivity contribution in [2.45, 2.75) is 24.3 Å². The monoisotopic (exact) mass is 257 g/mol. The van der Waals surface area contributed by atoms with Gasteiger partial charge in [-0.15, -0.1) is 11.8 Å². The number of halogens is 1. The first kappa shape index (κ1) is 14.5. The molecule has 0 saturated heterocycles. The van der Waals surface area contributed by atoms with Gasteiger partial charge in [0.2, 0.25) is 0 Å². The molecule has 0 fully saturated rings. The number of rotatable bonds is 6. The molecule has 0 aliphatic carbocycles. The first-order valence-corrected chi connectivity index (χ1v) is 6.65. The lowest BCUT2D eigenvalue weighted by atomic mass is 10.1. The molecule has 1 rings (SSSR count). The number of aliphatic hydroxyl groups excluding tert-OH is 1. The first-order valence-electron chi connectivity index (χ1n) is 5.66. The Kier molecular flexibility index (Phi) is 5.43. The second-order valence-electron chi connectivity index (χ2n) is 4.69. The summed E-state index contributed by atoms with van der Waals surface area (Å²) in [4.78, 5) is 3.20. The summed E-state index contributed by atoms with van der Waals surface area (Å²) in [5, 5.41) is 9.22. The zero-order valence-corrected chi connectivity index (χ0v) is 11.4. The second kappa shape index (κ2) is 6.38. The molecular formula is C13H20FNOS. The van der Waals surface area contributed by atoms with Crippen molar-refractivity contribution in [3.8, 4) is 0 Å². The molecule has 0 amide bonds. The summed E-state index contributed by atoms with van der Waals surface area (Å²) in [6.45, 7) is 5.05. The molecule has 0 atom stereocenters. The molecule has 4 heteroatoms. The van der Waals surface area contributed by atoms with Crippen LogP contribution in [-0.4, -0.2) is 41.5 Å². The Bertz CT molecular complexity index is 340. The van der Waals surface area contributed by atoms with Gasteiger partial charge in [0.15, 0.2) is 0 Å². The predicted molar refractivity (Wildman–Crippen MR) is 70.9 cm³/mol. The minimum Gasteiger partial charge on any atom is -0.394 e. The van der Waals surface area contributed by atoms with Crippen LogP contribution in [0.1, 0.15) is 13.8 Å². The van der Waals surface area contributed by atoms with Gasteiger partial charge in [-0.3, -0.25) is 4.90 Å². The first-order chi connectivity index (χ1) is 7.95. The van der Waals surface area contributed by atoms with E-state index in [1.165, 1.54) is 12.1 Å². The van der Waals surface area contributed by atoms with Gasteiger partial charge >= 0.3 is 0 Å². The maximum atomic E-state index is 12.7. The highest BCUT2D eigenvalue weighted by Gasteiger charge is 2.21. The Morgan fingerprint density at radius 2 is 1.88 bits per heavy atom. The van der Waals surface area contributed by atoms with E-state index in [2.05, 4.69) is 4.90 Å². The largest absolute Gasteiger partial charge is 0.394 e. The van der Waals surface area contributed by atoms with Crippen LogP contribution in [0.4, 0.5) is 4.39 Å². The van der Waals surface area contributed by atoms with E-state index >= 15 is 0 Å². The van der Waals surface area contributed by atoms with E-state index in [-0.39, 0.29) is 18.0 Å². The van der Waals surface area contributed by atoms with Crippen LogP contribution in [0.25, 0.3) is 0 Å². The molecule has 1 aromatic rings. The topological polar surface area (TPSA) is 23.5 Å². The summed E-state index contributed by atoms with van der Waals surface area (Å²) < 4.78 is 12.7. The number of benzene rings is 1. The molecule has 1 N–H and O–H groups in total. The lowest BCUT2D eigenvalue weighted by Gasteiger charge is -2.33. The summed E-state index contributed by atoms with van der Waals surface area (Å²) >= 11 is 1.69. The van der Waals surface area contributed by atoms with E-state index in [9.17, 15) is 9.50 Å². The van der Waals surface area contributed by atoms with Crippen molar-refractivity contribution in [1.29, 1.82) is 0 Å². The minimum atomic E-state index is -0.201. The van der Waals surface area contributed by atoms with E-state index in [1.54, 1.807) is 23.9 Å². The van der Waals surface area contributed by atoms with Gasteiger partial charge in [0.25, 0.3) is 0 Å². The van der Waals surface area contributed by atoms with Crippen molar-refractivity contribution < 1.29 is 9.50 Å². The summed E-state index contributed by atoms with van der Waals surface area (Å²) in [5.41, 5.74) is -0.191.